The Balaban J connectivity index is 2.42. The third-order valence-corrected chi connectivity index (χ3v) is 2.83. The molecule has 1 aliphatic heterocycles. The monoisotopic (exact) mass is 181 g/mol. The molecular weight excluding hydrogens is 170 g/mol. The van der Waals surface area contributed by atoms with E-state index in [1.807, 2.05) is 12.2 Å². The molecule has 5 N–H and O–H groups in total. The predicted octanol–water partition coefficient (Wildman–Crippen LogP) is -1.76. The number of carbonyl (C=O) groups excluding carboxylic acids is 2. The van der Waals surface area contributed by atoms with Gasteiger partial charge in [0.25, 0.3) is 0 Å². The molecule has 2 rings (SSSR count). The molecule has 0 aromatic heterocycles. The Kier molecular flexibility index (Phi) is 1.47. The van der Waals surface area contributed by atoms with Crippen molar-refractivity contribution in [1.82, 2.24) is 5.32 Å². The summed E-state index contributed by atoms with van der Waals surface area (Å²) in [5.41, 5.74) is 9.02. The van der Waals surface area contributed by atoms with E-state index in [1.54, 1.807) is 0 Å². The van der Waals surface area contributed by atoms with Crippen molar-refractivity contribution < 1.29 is 9.59 Å². The molecule has 0 spiro atoms. The predicted molar refractivity (Wildman–Crippen MR) is 45.3 cm³/mol. The van der Waals surface area contributed by atoms with Gasteiger partial charge in [0.15, 0.2) is 5.54 Å². The maximum Gasteiger partial charge on any atom is 0.248 e. The zero-order valence-corrected chi connectivity index (χ0v) is 6.99. The molecule has 0 radical (unpaired) electrons. The molecule has 5 heteroatoms. The van der Waals surface area contributed by atoms with Crippen LogP contribution in [0.1, 0.15) is 6.42 Å². The normalized spacial score (nSPS) is 33.5. The van der Waals surface area contributed by atoms with Crippen molar-refractivity contribution in [3.63, 3.8) is 0 Å². The molecule has 5 nitrogen and oxygen atoms in total. The van der Waals surface area contributed by atoms with Gasteiger partial charge in [0.05, 0.1) is 0 Å². The second-order valence-corrected chi connectivity index (χ2v) is 3.51. The number of carbonyl (C=O) groups is 2. The maximum absolute atomic E-state index is 11.2. The molecule has 1 fully saturated rings. The molecule has 2 bridgehead atoms. The Morgan fingerprint density at radius 1 is 1.31 bits per heavy atom. The summed E-state index contributed by atoms with van der Waals surface area (Å²) in [6.07, 6.45) is 4.48. The molecule has 1 heterocycles. The van der Waals surface area contributed by atoms with Gasteiger partial charge in [0, 0.05) is 12.0 Å². The third kappa shape index (κ3) is 0.846. The smallest absolute Gasteiger partial charge is 0.248 e. The van der Waals surface area contributed by atoms with Gasteiger partial charge in [-0.2, -0.15) is 0 Å². The topological polar surface area (TPSA) is 98.2 Å². The fourth-order valence-corrected chi connectivity index (χ4v) is 2.16. The van der Waals surface area contributed by atoms with Crippen molar-refractivity contribution in [2.45, 2.75) is 18.0 Å². The summed E-state index contributed by atoms with van der Waals surface area (Å²) < 4.78 is 0. The van der Waals surface area contributed by atoms with Gasteiger partial charge in [-0.25, -0.2) is 0 Å². The standard InChI is InChI=1S/C8H11N3O2/c9-6(12)8(7(10)13)4-1-2-5(3-4)11-8/h1-2,4-5,11H,3H2,(H2,9,12)(H2,10,13). The van der Waals surface area contributed by atoms with Crippen LogP contribution in [0.25, 0.3) is 0 Å². The Labute approximate surface area is 75.1 Å². The second-order valence-electron chi connectivity index (χ2n) is 3.51. The highest BCUT2D eigenvalue weighted by Gasteiger charge is 2.56. The molecule has 1 aliphatic carbocycles. The number of hydrogen-bond acceptors (Lipinski definition) is 3. The number of primary amides is 2. The van der Waals surface area contributed by atoms with E-state index in [0.29, 0.717) is 0 Å². The number of nitrogens with two attached hydrogens (primary N) is 2. The fourth-order valence-electron chi connectivity index (χ4n) is 2.16. The lowest BCUT2D eigenvalue weighted by molar-refractivity contribution is -0.136. The zero-order chi connectivity index (χ0) is 9.64. The van der Waals surface area contributed by atoms with Crippen LogP contribution in [-0.2, 0) is 9.59 Å². The summed E-state index contributed by atoms with van der Waals surface area (Å²) in [6.45, 7) is 0. The molecule has 2 unspecified atom stereocenters. The van der Waals surface area contributed by atoms with Crippen LogP contribution >= 0.6 is 0 Å². The number of nitrogens with one attached hydrogen (secondary N) is 1. The van der Waals surface area contributed by atoms with Crippen molar-refractivity contribution in [2.75, 3.05) is 0 Å². The first kappa shape index (κ1) is 8.25. The minimum Gasteiger partial charge on any atom is -0.368 e. The highest BCUT2D eigenvalue weighted by molar-refractivity contribution is 6.09. The lowest BCUT2D eigenvalue weighted by Crippen LogP contribution is -2.65. The van der Waals surface area contributed by atoms with Gasteiger partial charge >= 0.3 is 0 Å². The van der Waals surface area contributed by atoms with Crippen molar-refractivity contribution in [1.29, 1.82) is 0 Å². The van der Waals surface area contributed by atoms with E-state index in [1.165, 1.54) is 0 Å². The van der Waals surface area contributed by atoms with E-state index in [2.05, 4.69) is 5.32 Å². The molecule has 0 aromatic carbocycles. The number of fused-ring (bicyclic) bond motifs is 2. The average molecular weight is 181 g/mol. The van der Waals surface area contributed by atoms with Gasteiger partial charge in [-0.05, 0) is 6.42 Å². The van der Waals surface area contributed by atoms with Gasteiger partial charge in [-0.1, -0.05) is 12.2 Å². The van der Waals surface area contributed by atoms with E-state index in [9.17, 15) is 9.59 Å². The summed E-state index contributed by atoms with van der Waals surface area (Å²) in [5.74, 6) is -1.54. The largest absolute Gasteiger partial charge is 0.368 e. The van der Waals surface area contributed by atoms with Crippen LogP contribution in [0.4, 0.5) is 0 Å². The van der Waals surface area contributed by atoms with Crippen molar-refractivity contribution in [3.05, 3.63) is 12.2 Å². The molecular formula is C8H11N3O2. The van der Waals surface area contributed by atoms with Crippen LogP contribution in [0.15, 0.2) is 12.2 Å². The molecule has 1 saturated heterocycles. The number of rotatable bonds is 2. The van der Waals surface area contributed by atoms with Gasteiger partial charge in [-0.15, -0.1) is 0 Å². The zero-order valence-electron chi connectivity index (χ0n) is 6.99. The summed E-state index contributed by atoms with van der Waals surface area (Å²) in [6, 6.07) is 0.0602. The third-order valence-electron chi connectivity index (χ3n) is 2.83. The average Bonchev–Trinajstić information content (AvgIpc) is 2.61. The van der Waals surface area contributed by atoms with Crippen molar-refractivity contribution in [3.8, 4) is 0 Å². The quantitative estimate of drug-likeness (QED) is 0.348. The maximum atomic E-state index is 11.2. The van der Waals surface area contributed by atoms with Crippen molar-refractivity contribution in [2.24, 2.45) is 17.4 Å². The van der Waals surface area contributed by atoms with E-state index in [4.69, 9.17) is 11.5 Å². The number of amides is 2. The lowest BCUT2D eigenvalue weighted by Gasteiger charge is -2.29. The lowest BCUT2D eigenvalue weighted by atomic mass is 9.85. The molecule has 0 aromatic rings. The van der Waals surface area contributed by atoms with E-state index in [-0.39, 0.29) is 12.0 Å². The molecule has 2 atom stereocenters. The Morgan fingerprint density at radius 2 is 1.92 bits per heavy atom. The highest BCUT2D eigenvalue weighted by Crippen LogP contribution is 2.36. The van der Waals surface area contributed by atoms with Gasteiger partial charge in [0.2, 0.25) is 11.8 Å². The van der Waals surface area contributed by atoms with Crippen LogP contribution in [0, 0.1) is 5.92 Å². The summed E-state index contributed by atoms with van der Waals surface area (Å²) in [7, 11) is 0. The summed E-state index contributed by atoms with van der Waals surface area (Å²) in [5, 5.41) is 2.87. The molecule has 0 saturated carbocycles. The van der Waals surface area contributed by atoms with Crippen LogP contribution in [0.5, 0.6) is 0 Å². The van der Waals surface area contributed by atoms with E-state index < -0.39 is 17.4 Å². The van der Waals surface area contributed by atoms with Gasteiger partial charge in [0.1, 0.15) is 0 Å². The fraction of sp³-hybridized carbons (Fsp3) is 0.500. The Bertz CT molecular complexity index is 297. The SMILES string of the molecule is NC(=O)C1(C(N)=O)NC2C=CC1C2. The van der Waals surface area contributed by atoms with Gasteiger partial charge in [-0.3, -0.25) is 14.9 Å². The van der Waals surface area contributed by atoms with E-state index >= 15 is 0 Å². The van der Waals surface area contributed by atoms with Gasteiger partial charge < -0.3 is 11.5 Å². The first-order valence-corrected chi connectivity index (χ1v) is 4.13. The Morgan fingerprint density at radius 3 is 2.15 bits per heavy atom. The summed E-state index contributed by atoms with van der Waals surface area (Å²) >= 11 is 0. The molecule has 2 aliphatic rings. The van der Waals surface area contributed by atoms with Crippen LogP contribution in [0.3, 0.4) is 0 Å². The van der Waals surface area contributed by atoms with Crippen LogP contribution in [-0.4, -0.2) is 23.4 Å². The van der Waals surface area contributed by atoms with E-state index in [0.717, 1.165) is 6.42 Å². The molecule has 70 valence electrons. The summed E-state index contributed by atoms with van der Waals surface area (Å²) in [4.78, 5) is 22.4. The highest BCUT2D eigenvalue weighted by atomic mass is 16.2. The van der Waals surface area contributed by atoms with Crippen LogP contribution < -0.4 is 16.8 Å². The van der Waals surface area contributed by atoms with Crippen LogP contribution in [0.2, 0.25) is 0 Å². The first-order valence-electron chi connectivity index (χ1n) is 4.13. The minimum atomic E-state index is -1.35. The number of hydrogen-bond donors (Lipinski definition) is 3. The first-order chi connectivity index (χ1) is 6.07. The molecule has 2 amide bonds. The Hall–Kier alpha value is -1.36. The van der Waals surface area contributed by atoms with Crippen molar-refractivity contribution >= 4 is 11.8 Å². The molecule has 13 heavy (non-hydrogen) atoms. The second kappa shape index (κ2) is 2.32. The minimum absolute atomic E-state index is 0.0602.